The molecule has 3 nitrogen and oxygen atoms in total. The Balaban J connectivity index is 2.33. The first-order chi connectivity index (χ1) is 9.00. The Morgan fingerprint density at radius 1 is 1.26 bits per heavy atom. The molecule has 1 N–H and O–H groups in total. The summed E-state index contributed by atoms with van der Waals surface area (Å²) in [7, 11) is 0. The fourth-order valence-electron chi connectivity index (χ4n) is 2.18. The summed E-state index contributed by atoms with van der Waals surface area (Å²) in [4.78, 5) is 7.18. The van der Waals surface area contributed by atoms with Gasteiger partial charge in [0.2, 0.25) is 0 Å². The highest BCUT2D eigenvalue weighted by Gasteiger charge is 2.19. The van der Waals surface area contributed by atoms with E-state index in [1.165, 1.54) is 12.2 Å². The number of nitrogens with zero attached hydrogens (tertiary/aromatic N) is 2. The Labute approximate surface area is 120 Å². The first-order valence-corrected chi connectivity index (χ1v) is 8.11. The smallest absolute Gasteiger partial charge is 0.129 e. The minimum atomic E-state index is 0.0144. The van der Waals surface area contributed by atoms with Crippen molar-refractivity contribution in [2.45, 2.75) is 39.2 Å². The molecule has 0 spiro atoms. The summed E-state index contributed by atoms with van der Waals surface area (Å²) in [6, 6.07) is 4.06. The summed E-state index contributed by atoms with van der Waals surface area (Å²) in [6.07, 6.45) is 1.21. The fourth-order valence-corrected chi connectivity index (χ4v) is 3.07. The van der Waals surface area contributed by atoms with E-state index in [-0.39, 0.29) is 12.0 Å². The van der Waals surface area contributed by atoms with Crippen LogP contribution in [-0.2, 0) is 12.0 Å². The van der Waals surface area contributed by atoms with Gasteiger partial charge in [-0.15, -0.1) is 0 Å². The zero-order valence-corrected chi connectivity index (χ0v) is 13.0. The van der Waals surface area contributed by atoms with Gasteiger partial charge in [0.05, 0.1) is 6.61 Å². The van der Waals surface area contributed by atoms with Gasteiger partial charge in [0.1, 0.15) is 5.82 Å². The van der Waals surface area contributed by atoms with Gasteiger partial charge in [-0.3, -0.25) is 0 Å². The molecule has 2 rings (SSSR count). The van der Waals surface area contributed by atoms with E-state index in [1.54, 1.807) is 0 Å². The average Bonchev–Trinajstić information content (AvgIpc) is 2.66. The number of pyridine rings is 1. The molecule has 4 heteroatoms. The summed E-state index contributed by atoms with van der Waals surface area (Å²) < 4.78 is 0. The number of hydrogen-bond donors (Lipinski definition) is 1. The van der Waals surface area contributed by atoms with Crippen LogP contribution in [-0.4, -0.2) is 34.7 Å². The topological polar surface area (TPSA) is 36.4 Å². The Hall–Kier alpha value is -0.740. The number of aliphatic hydroxyl groups excluding tert-OH is 1. The van der Waals surface area contributed by atoms with Gasteiger partial charge in [0.15, 0.2) is 0 Å². The molecule has 0 aliphatic carbocycles. The summed E-state index contributed by atoms with van der Waals surface area (Å²) in [5.41, 5.74) is 2.04. The third-order valence-electron chi connectivity index (χ3n) is 3.37. The first kappa shape index (κ1) is 14.7. The molecule has 1 saturated heterocycles. The van der Waals surface area contributed by atoms with Gasteiger partial charge >= 0.3 is 0 Å². The van der Waals surface area contributed by atoms with Crippen LogP contribution in [0.25, 0.3) is 0 Å². The van der Waals surface area contributed by atoms with Crippen LogP contribution < -0.4 is 4.90 Å². The lowest BCUT2D eigenvalue weighted by molar-refractivity contribution is 0.281. The van der Waals surface area contributed by atoms with Gasteiger partial charge < -0.3 is 10.0 Å². The van der Waals surface area contributed by atoms with Crippen LogP contribution in [0, 0.1) is 0 Å². The number of rotatable bonds is 2. The van der Waals surface area contributed by atoms with Crippen LogP contribution in [0.15, 0.2) is 12.1 Å². The number of aromatic nitrogens is 1. The van der Waals surface area contributed by atoms with Gasteiger partial charge in [0, 0.05) is 30.0 Å². The van der Waals surface area contributed by atoms with Crippen molar-refractivity contribution in [3.63, 3.8) is 0 Å². The summed E-state index contributed by atoms with van der Waals surface area (Å²) >= 11 is 2.02. The van der Waals surface area contributed by atoms with E-state index in [4.69, 9.17) is 4.98 Å². The minimum absolute atomic E-state index is 0.0144. The predicted octanol–water partition coefficient (Wildman–Crippen LogP) is 2.81. The quantitative estimate of drug-likeness (QED) is 0.904. The van der Waals surface area contributed by atoms with Crippen LogP contribution in [0.5, 0.6) is 0 Å². The number of hydrogen-bond acceptors (Lipinski definition) is 4. The highest BCUT2D eigenvalue weighted by Crippen LogP contribution is 2.26. The molecule has 1 aliphatic heterocycles. The molecule has 0 saturated carbocycles. The lowest BCUT2D eigenvalue weighted by atomic mass is 9.91. The Bertz CT molecular complexity index is 421. The van der Waals surface area contributed by atoms with Crippen molar-refractivity contribution in [2.75, 3.05) is 29.5 Å². The van der Waals surface area contributed by atoms with Crippen molar-refractivity contribution in [1.82, 2.24) is 4.98 Å². The summed E-state index contributed by atoms with van der Waals surface area (Å²) in [6.45, 7) is 8.70. The van der Waals surface area contributed by atoms with Crippen LogP contribution >= 0.6 is 11.8 Å². The molecule has 1 aromatic heterocycles. The predicted molar refractivity (Wildman–Crippen MR) is 83.0 cm³/mol. The van der Waals surface area contributed by atoms with E-state index >= 15 is 0 Å². The van der Waals surface area contributed by atoms with E-state index in [2.05, 4.69) is 25.7 Å². The maximum atomic E-state index is 9.46. The van der Waals surface area contributed by atoms with Gasteiger partial charge in [0.25, 0.3) is 0 Å². The normalized spacial score (nSPS) is 17.4. The molecule has 1 fully saturated rings. The zero-order valence-electron chi connectivity index (χ0n) is 12.1. The average molecular weight is 280 g/mol. The lowest BCUT2D eigenvalue weighted by Crippen LogP contribution is -2.28. The first-order valence-electron chi connectivity index (χ1n) is 6.96. The second kappa shape index (κ2) is 6.14. The molecule has 1 aliphatic rings. The number of thioether (sulfide) groups is 1. The minimum Gasteiger partial charge on any atom is -0.392 e. The standard InChI is InChI=1S/C15H24N2OS/c1-15(2,3)13-9-12(11-18)10-14(16-13)17-5-4-7-19-8-6-17/h9-10,18H,4-8,11H2,1-3H3. The molecular weight excluding hydrogens is 256 g/mol. The molecule has 0 radical (unpaired) electrons. The van der Waals surface area contributed by atoms with Crippen LogP contribution in [0.1, 0.15) is 38.4 Å². The molecule has 0 atom stereocenters. The Morgan fingerprint density at radius 2 is 2.05 bits per heavy atom. The third kappa shape index (κ3) is 3.86. The fraction of sp³-hybridized carbons (Fsp3) is 0.667. The molecule has 19 heavy (non-hydrogen) atoms. The maximum absolute atomic E-state index is 9.46. The molecule has 1 aromatic rings. The van der Waals surface area contributed by atoms with Crippen molar-refractivity contribution in [3.8, 4) is 0 Å². The monoisotopic (exact) mass is 280 g/mol. The largest absolute Gasteiger partial charge is 0.392 e. The van der Waals surface area contributed by atoms with Gasteiger partial charge in [-0.2, -0.15) is 11.8 Å². The molecule has 106 valence electrons. The molecule has 0 amide bonds. The van der Waals surface area contributed by atoms with E-state index in [0.29, 0.717) is 0 Å². The SMILES string of the molecule is CC(C)(C)c1cc(CO)cc(N2CCCSCC2)n1. The van der Waals surface area contributed by atoms with Crippen LogP contribution in [0.4, 0.5) is 5.82 Å². The van der Waals surface area contributed by atoms with E-state index in [9.17, 15) is 5.11 Å². The maximum Gasteiger partial charge on any atom is 0.129 e. The van der Waals surface area contributed by atoms with Crippen molar-refractivity contribution in [2.24, 2.45) is 0 Å². The highest BCUT2D eigenvalue weighted by atomic mass is 32.2. The zero-order chi connectivity index (χ0) is 13.9. The Kier molecular flexibility index (Phi) is 4.74. The summed E-state index contributed by atoms with van der Waals surface area (Å²) in [5, 5.41) is 9.46. The van der Waals surface area contributed by atoms with Crippen molar-refractivity contribution in [3.05, 3.63) is 23.4 Å². The van der Waals surface area contributed by atoms with Gasteiger partial charge in [-0.1, -0.05) is 20.8 Å². The van der Waals surface area contributed by atoms with Crippen molar-refractivity contribution in [1.29, 1.82) is 0 Å². The molecule has 0 aromatic carbocycles. The summed E-state index contributed by atoms with van der Waals surface area (Å²) in [5.74, 6) is 3.43. The van der Waals surface area contributed by atoms with Gasteiger partial charge in [-0.05, 0) is 29.9 Å². The Morgan fingerprint density at radius 3 is 2.74 bits per heavy atom. The van der Waals surface area contributed by atoms with E-state index in [0.717, 1.165) is 35.9 Å². The van der Waals surface area contributed by atoms with Crippen LogP contribution in [0.3, 0.4) is 0 Å². The van der Waals surface area contributed by atoms with E-state index in [1.807, 2.05) is 23.9 Å². The highest BCUT2D eigenvalue weighted by molar-refractivity contribution is 7.99. The second-order valence-corrected chi connectivity index (χ2v) is 7.30. The molecule has 0 bridgehead atoms. The number of anilines is 1. The molecule has 0 unspecified atom stereocenters. The van der Waals surface area contributed by atoms with Crippen molar-refractivity contribution >= 4 is 17.6 Å². The van der Waals surface area contributed by atoms with Crippen LogP contribution in [0.2, 0.25) is 0 Å². The third-order valence-corrected chi connectivity index (χ3v) is 4.42. The molecule has 2 heterocycles. The number of aliphatic hydroxyl groups is 1. The van der Waals surface area contributed by atoms with E-state index < -0.39 is 0 Å². The molecular formula is C15H24N2OS. The van der Waals surface area contributed by atoms with Gasteiger partial charge in [-0.25, -0.2) is 4.98 Å². The second-order valence-electron chi connectivity index (χ2n) is 6.08. The van der Waals surface area contributed by atoms with Crippen molar-refractivity contribution < 1.29 is 5.11 Å². The lowest BCUT2D eigenvalue weighted by Gasteiger charge is -2.25.